The number of amides is 1. The summed E-state index contributed by atoms with van der Waals surface area (Å²) in [6.07, 6.45) is 0.589. The zero-order valence-corrected chi connectivity index (χ0v) is 14.0. The van der Waals surface area contributed by atoms with Gasteiger partial charge in [-0.05, 0) is 24.6 Å². The number of carbonyl (C=O) groups is 2. The highest BCUT2D eigenvalue weighted by Gasteiger charge is 2.20. The van der Waals surface area contributed by atoms with Gasteiger partial charge in [-0.3, -0.25) is 9.88 Å². The number of aromatic carboxylic acids is 1. The zero-order valence-electron chi connectivity index (χ0n) is 14.0. The first-order valence-electron chi connectivity index (χ1n) is 7.90. The number of imidazole rings is 1. The normalized spacial score (nSPS) is 10.3. The van der Waals surface area contributed by atoms with Crippen LogP contribution in [0.2, 0.25) is 0 Å². The van der Waals surface area contributed by atoms with Gasteiger partial charge in [0.25, 0.3) is 0 Å². The molecule has 0 saturated carbocycles. The largest absolute Gasteiger partial charge is 0.476 e. The molecule has 1 amide bonds. The van der Waals surface area contributed by atoms with Crippen LogP contribution in [0.3, 0.4) is 0 Å². The lowest BCUT2D eigenvalue weighted by Gasteiger charge is -2.11. The Morgan fingerprint density at radius 3 is 2.46 bits per heavy atom. The summed E-state index contributed by atoms with van der Waals surface area (Å²) in [6.45, 7) is 2.02. The van der Waals surface area contributed by atoms with Gasteiger partial charge >= 0.3 is 12.1 Å². The summed E-state index contributed by atoms with van der Waals surface area (Å²) < 4.78 is 6.65. The first-order chi connectivity index (χ1) is 12.5. The molecule has 7 nitrogen and oxygen atoms in total. The highest BCUT2D eigenvalue weighted by molar-refractivity contribution is 5.96. The summed E-state index contributed by atoms with van der Waals surface area (Å²) in [5.74, 6) is -1.20. The van der Waals surface area contributed by atoms with E-state index >= 15 is 0 Å². The number of hydrogen-bond acceptors (Lipinski definition) is 4. The van der Waals surface area contributed by atoms with Crippen LogP contribution in [0.1, 0.15) is 21.6 Å². The summed E-state index contributed by atoms with van der Waals surface area (Å²) in [7, 11) is 0. The molecule has 0 saturated heterocycles. The fraction of sp³-hybridized carbons (Fsp3) is 0.105. The molecule has 3 rings (SSSR count). The highest BCUT2D eigenvalue weighted by atomic mass is 16.5. The maximum Gasteiger partial charge on any atom is 0.413 e. The summed E-state index contributed by atoms with van der Waals surface area (Å²) >= 11 is 0. The Morgan fingerprint density at radius 2 is 1.81 bits per heavy atom. The molecule has 2 N–H and O–H groups in total. The van der Waals surface area contributed by atoms with Crippen molar-refractivity contribution in [1.82, 2.24) is 9.55 Å². The van der Waals surface area contributed by atoms with E-state index in [0.29, 0.717) is 5.69 Å². The second-order valence-electron chi connectivity index (χ2n) is 5.64. The zero-order chi connectivity index (χ0) is 18.5. The lowest BCUT2D eigenvalue weighted by molar-refractivity contribution is 0.0692. The summed E-state index contributed by atoms with van der Waals surface area (Å²) in [4.78, 5) is 27.4. The monoisotopic (exact) mass is 351 g/mol. The molecular formula is C19H17N3O4. The third-order valence-corrected chi connectivity index (χ3v) is 3.72. The minimum Gasteiger partial charge on any atom is -0.476 e. The van der Waals surface area contributed by atoms with Gasteiger partial charge in [-0.2, -0.15) is 0 Å². The predicted octanol–water partition coefficient (Wildman–Crippen LogP) is 3.63. The SMILES string of the molecule is Cc1ccc(-n2cnc(C(=O)O)c2NC(=O)OCc2ccccc2)cc1. The Hall–Kier alpha value is -3.61. The molecule has 0 aliphatic carbocycles. The molecule has 132 valence electrons. The Morgan fingerprint density at radius 1 is 1.12 bits per heavy atom. The summed E-state index contributed by atoms with van der Waals surface area (Å²) in [5, 5.41) is 11.8. The molecule has 0 fully saturated rings. The lowest BCUT2D eigenvalue weighted by Crippen LogP contribution is -2.18. The van der Waals surface area contributed by atoms with Gasteiger partial charge in [-0.1, -0.05) is 48.0 Å². The van der Waals surface area contributed by atoms with Crippen LogP contribution in [0, 0.1) is 6.92 Å². The molecule has 0 radical (unpaired) electrons. The fourth-order valence-corrected chi connectivity index (χ4v) is 2.38. The number of carboxylic acids is 1. The quantitative estimate of drug-likeness (QED) is 0.732. The van der Waals surface area contributed by atoms with Crippen molar-refractivity contribution in [3.05, 3.63) is 77.7 Å². The van der Waals surface area contributed by atoms with E-state index in [1.807, 2.05) is 61.5 Å². The van der Waals surface area contributed by atoms with E-state index in [-0.39, 0.29) is 18.1 Å². The number of aryl methyl sites for hydroxylation is 1. The number of nitrogens with one attached hydrogen (secondary N) is 1. The number of ether oxygens (including phenoxy) is 1. The van der Waals surface area contributed by atoms with Crippen molar-refractivity contribution in [2.24, 2.45) is 0 Å². The highest BCUT2D eigenvalue weighted by Crippen LogP contribution is 2.21. The van der Waals surface area contributed by atoms with Crippen LogP contribution < -0.4 is 5.32 Å². The Labute approximate surface area is 149 Å². The van der Waals surface area contributed by atoms with Gasteiger partial charge in [0.1, 0.15) is 12.9 Å². The molecule has 3 aromatic rings. The Bertz CT molecular complexity index is 918. The average Bonchev–Trinajstić information content (AvgIpc) is 3.05. The average molecular weight is 351 g/mol. The van der Waals surface area contributed by atoms with Crippen LogP contribution in [0.25, 0.3) is 5.69 Å². The van der Waals surface area contributed by atoms with Crippen LogP contribution in [-0.2, 0) is 11.3 Å². The number of aromatic nitrogens is 2. The van der Waals surface area contributed by atoms with Gasteiger partial charge in [0.2, 0.25) is 0 Å². The lowest BCUT2D eigenvalue weighted by atomic mass is 10.2. The van der Waals surface area contributed by atoms with Gasteiger partial charge in [0.05, 0.1) is 0 Å². The summed E-state index contributed by atoms with van der Waals surface area (Å²) in [5.41, 5.74) is 2.30. The van der Waals surface area contributed by atoms with Crippen molar-refractivity contribution in [3.63, 3.8) is 0 Å². The Balaban J connectivity index is 1.81. The second kappa shape index (κ2) is 7.52. The Kier molecular flexibility index (Phi) is 4.98. The molecule has 26 heavy (non-hydrogen) atoms. The molecule has 0 spiro atoms. The first kappa shape index (κ1) is 17.2. The van der Waals surface area contributed by atoms with E-state index < -0.39 is 12.1 Å². The van der Waals surface area contributed by atoms with Gasteiger partial charge in [0, 0.05) is 5.69 Å². The van der Waals surface area contributed by atoms with Gasteiger partial charge < -0.3 is 9.84 Å². The third kappa shape index (κ3) is 3.89. The van der Waals surface area contributed by atoms with Crippen LogP contribution in [0.4, 0.5) is 10.6 Å². The number of carbonyl (C=O) groups excluding carboxylic acids is 1. The van der Waals surface area contributed by atoms with Crippen molar-refractivity contribution in [1.29, 1.82) is 0 Å². The van der Waals surface area contributed by atoms with E-state index in [4.69, 9.17) is 4.74 Å². The molecule has 0 aliphatic rings. The number of nitrogens with zero attached hydrogens (tertiary/aromatic N) is 2. The first-order valence-corrected chi connectivity index (χ1v) is 7.90. The molecule has 1 aromatic heterocycles. The predicted molar refractivity (Wildman–Crippen MR) is 95.5 cm³/mol. The van der Waals surface area contributed by atoms with Crippen molar-refractivity contribution in [2.45, 2.75) is 13.5 Å². The molecule has 0 atom stereocenters. The van der Waals surface area contributed by atoms with Crippen molar-refractivity contribution < 1.29 is 19.4 Å². The number of hydrogen-bond donors (Lipinski definition) is 2. The van der Waals surface area contributed by atoms with E-state index in [0.717, 1.165) is 11.1 Å². The minimum absolute atomic E-state index is 0.0411. The van der Waals surface area contributed by atoms with E-state index in [1.165, 1.54) is 10.9 Å². The second-order valence-corrected chi connectivity index (χ2v) is 5.64. The number of carboxylic acid groups (broad SMARTS) is 1. The standard InChI is InChI=1S/C19H17N3O4/c1-13-7-9-15(10-8-13)22-12-20-16(18(23)24)17(22)21-19(25)26-11-14-5-3-2-4-6-14/h2-10,12H,11H2,1H3,(H,21,25)(H,23,24). The molecule has 0 aliphatic heterocycles. The van der Waals surface area contributed by atoms with E-state index in [9.17, 15) is 14.7 Å². The fourth-order valence-electron chi connectivity index (χ4n) is 2.38. The summed E-state index contributed by atoms with van der Waals surface area (Å²) in [6, 6.07) is 16.6. The molecule has 1 heterocycles. The molecular weight excluding hydrogens is 334 g/mol. The topological polar surface area (TPSA) is 93.5 Å². The molecule has 0 unspecified atom stereocenters. The van der Waals surface area contributed by atoms with Crippen molar-refractivity contribution in [2.75, 3.05) is 5.32 Å². The van der Waals surface area contributed by atoms with Gasteiger partial charge in [0.15, 0.2) is 11.5 Å². The molecule has 0 bridgehead atoms. The van der Waals surface area contributed by atoms with E-state index in [1.54, 1.807) is 0 Å². The molecule has 2 aromatic carbocycles. The number of anilines is 1. The smallest absolute Gasteiger partial charge is 0.413 e. The van der Waals surface area contributed by atoms with Crippen LogP contribution >= 0.6 is 0 Å². The van der Waals surface area contributed by atoms with E-state index in [2.05, 4.69) is 10.3 Å². The maximum absolute atomic E-state index is 12.1. The molecule has 7 heteroatoms. The van der Waals surface area contributed by atoms with Crippen molar-refractivity contribution >= 4 is 17.9 Å². The third-order valence-electron chi connectivity index (χ3n) is 3.72. The van der Waals surface area contributed by atoms with Crippen LogP contribution in [0.15, 0.2) is 60.9 Å². The minimum atomic E-state index is -1.24. The van der Waals surface area contributed by atoms with Crippen LogP contribution in [0.5, 0.6) is 0 Å². The maximum atomic E-state index is 12.1. The van der Waals surface area contributed by atoms with Crippen molar-refractivity contribution in [3.8, 4) is 5.69 Å². The number of rotatable bonds is 5. The number of benzene rings is 2. The van der Waals surface area contributed by atoms with Crippen LogP contribution in [-0.4, -0.2) is 26.7 Å². The van der Waals surface area contributed by atoms with Gasteiger partial charge in [-0.25, -0.2) is 14.6 Å². The van der Waals surface area contributed by atoms with Gasteiger partial charge in [-0.15, -0.1) is 0 Å².